The molecule has 5 heteroatoms. The Bertz CT molecular complexity index is 427. The molecule has 0 saturated carbocycles. The third-order valence-corrected chi connectivity index (χ3v) is 5.77. The molecule has 0 aliphatic carbocycles. The number of likely N-dealkylation sites (tertiary alicyclic amines) is 1. The SMILES string of the molecule is CCN1CCC(N(C)CC(=O)c2sccc2Br)CC1. The Balaban J connectivity index is 1.86. The second-order valence-corrected chi connectivity index (χ2v) is 6.87. The van der Waals surface area contributed by atoms with Crippen LogP contribution in [0.25, 0.3) is 0 Å². The van der Waals surface area contributed by atoms with Crippen molar-refractivity contribution in [1.29, 1.82) is 0 Å². The second kappa shape index (κ2) is 6.97. The molecule has 2 rings (SSSR count). The van der Waals surface area contributed by atoms with Gasteiger partial charge in [-0.05, 0) is 66.9 Å². The lowest BCUT2D eigenvalue weighted by molar-refractivity contribution is 0.0861. The Morgan fingerprint density at radius 3 is 2.74 bits per heavy atom. The molecule has 0 amide bonds. The normalized spacial score (nSPS) is 18.1. The zero-order chi connectivity index (χ0) is 13.8. The van der Waals surface area contributed by atoms with Gasteiger partial charge in [-0.2, -0.15) is 0 Å². The fourth-order valence-electron chi connectivity index (χ4n) is 2.60. The van der Waals surface area contributed by atoms with Crippen molar-refractivity contribution in [2.45, 2.75) is 25.8 Å². The van der Waals surface area contributed by atoms with Crippen molar-refractivity contribution in [1.82, 2.24) is 9.80 Å². The van der Waals surface area contributed by atoms with Crippen molar-refractivity contribution in [3.8, 4) is 0 Å². The van der Waals surface area contributed by atoms with Crippen LogP contribution in [0.2, 0.25) is 0 Å². The summed E-state index contributed by atoms with van der Waals surface area (Å²) in [6, 6.07) is 2.49. The molecule has 0 radical (unpaired) electrons. The number of hydrogen-bond donors (Lipinski definition) is 0. The summed E-state index contributed by atoms with van der Waals surface area (Å²) in [5, 5.41) is 1.96. The predicted molar refractivity (Wildman–Crippen MR) is 84.1 cm³/mol. The van der Waals surface area contributed by atoms with Crippen LogP contribution in [0.4, 0.5) is 0 Å². The van der Waals surface area contributed by atoms with E-state index in [0.717, 1.165) is 29.0 Å². The molecule has 0 spiro atoms. The van der Waals surface area contributed by atoms with Gasteiger partial charge < -0.3 is 4.90 Å². The number of piperidine rings is 1. The highest BCUT2D eigenvalue weighted by molar-refractivity contribution is 9.10. The van der Waals surface area contributed by atoms with Crippen LogP contribution in [0.3, 0.4) is 0 Å². The lowest BCUT2D eigenvalue weighted by Gasteiger charge is -2.35. The molecule has 2 heterocycles. The number of ketones is 1. The van der Waals surface area contributed by atoms with Gasteiger partial charge in [-0.1, -0.05) is 6.92 Å². The lowest BCUT2D eigenvalue weighted by Crippen LogP contribution is -2.44. The van der Waals surface area contributed by atoms with Gasteiger partial charge in [0.1, 0.15) is 0 Å². The van der Waals surface area contributed by atoms with Crippen molar-refractivity contribution >= 4 is 33.0 Å². The maximum Gasteiger partial charge on any atom is 0.187 e. The van der Waals surface area contributed by atoms with Gasteiger partial charge in [-0.25, -0.2) is 0 Å². The fourth-order valence-corrected chi connectivity index (χ4v) is 4.12. The third kappa shape index (κ3) is 3.88. The van der Waals surface area contributed by atoms with E-state index in [2.05, 4.69) is 39.7 Å². The molecule has 1 saturated heterocycles. The van der Waals surface area contributed by atoms with Crippen LogP contribution in [-0.4, -0.2) is 54.9 Å². The number of rotatable bonds is 5. The van der Waals surface area contributed by atoms with E-state index in [0.29, 0.717) is 12.6 Å². The summed E-state index contributed by atoms with van der Waals surface area (Å²) in [5.41, 5.74) is 0. The largest absolute Gasteiger partial charge is 0.303 e. The van der Waals surface area contributed by atoms with E-state index in [1.165, 1.54) is 24.2 Å². The van der Waals surface area contributed by atoms with Crippen LogP contribution in [0.15, 0.2) is 15.9 Å². The summed E-state index contributed by atoms with van der Waals surface area (Å²) in [6.45, 7) is 6.18. The van der Waals surface area contributed by atoms with E-state index in [4.69, 9.17) is 0 Å². The van der Waals surface area contributed by atoms with Crippen LogP contribution in [-0.2, 0) is 0 Å². The van der Waals surface area contributed by atoms with Crippen molar-refractivity contribution in [3.63, 3.8) is 0 Å². The molecule has 106 valence electrons. The summed E-state index contributed by atoms with van der Waals surface area (Å²) in [5.74, 6) is 0.224. The average Bonchev–Trinajstić information content (AvgIpc) is 2.85. The molecule has 0 atom stereocenters. The number of hydrogen-bond acceptors (Lipinski definition) is 4. The topological polar surface area (TPSA) is 23.6 Å². The summed E-state index contributed by atoms with van der Waals surface area (Å²) in [6.07, 6.45) is 2.34. The summed E-state index contributed by atoms with van der Waals surface area (Å²) >= 11 is 4.95. The highest BCUT2D eigenvalue weighted by Crippen LogP contribution is 2.24. The first-order valence-electron chi connectivity index (χ1n) is 6.80. The van der Waals surface area contributed by atoms with Gasteiger partial charge in [0.15, 0.2) is 5.78 Å². The second-order valence-electron chi connectivity index (χ2n) is 5.10. The Kier molecular flexibility index (Phi) is 5.57. The average molecular weight is 345 g/mol. The highest BCUT2D eigenvalue weighted by Gasteiger charge is 2.24. The van der Waals surface area contributed by atoms with E-state index in [1.54, 1.807) is 0 Å². The van der Waals surface area contributed by atoms with Gasteiger partial charge in [-0.15, -0.1) is 11.3 Å². The zero-order valence-corrected chi connectivity index (χ0v) is 14.0. The fraction of sp³-hybridized carbons (Fsp3) is 0.643. The molecule has 1 aliphatic rings. The summed E-state index contributed by atoms with van der Waals surface area (Å²) < 4.78 is 0.928. The van der Waals surface area contributed by atoms with Crippen molar-refractivity contribution < 1.29 is 4.79 Å². The molecule has 0 bridgehead atoms. The Morgan fingerprint density at radius 2 is 2.21 bits per heavy atom. The summed E-state index contributed by atoms with van der Waals surface area (Å²) in [7, 11) is 2.08. The third-order valence-electron chi connectivity index (χ3n) is 3.89. The number of carbonyl (C=O) groups excluding carboxylic acids is 1. The number of nitrogens with zero attached hydrogens (tertiary/aromatic N) is 2. The molecule has 0 unspecified atom stereocenters. The predicted octanol–water partition coefficient (Wildman–Crippen LogP) is 3.11. The first-order valence-corrected chi connectivity index (χ1v) is 8.48. The quantitative estimate of drug-likeness (QED) is 0.766. The van der Waals surface area contributed by atoms with Gasteiger partial charge in [-0.3, -0.25) is 9.69 Å². The number of Topliss-reactive ketones (excluding diaryl/α,β-unsaturated/α-hetero) is 1. The van der Waals surface area contributed by atoms with Gasteiger partial charge in [0.2, 0.25) is 0 Å². The van der Waals surface area contributed by atoms with Crippen LogP contribution in [0, 0.1) is 0 Å². The standard InChI is InChI=1S/C14H21BrN2OS/c1-3-17-7-4-11(5-8-17)16(2)10-13(18)14-12(15)6-9-19-14/h6,9,11H,3-5,7-8,10H2,1-2H3. The number of thiophene rings is 1. The lowest BCUT2D eigenvalue weighted by atomic mass is 10.0. The van der Waals surface area contributed by atoms with Crippen molar-refractivity contribution in [3.05, 3.63) is 20.8 Å². The Hall–Kier alpha value is -0.230. The van der Waals surface area contributed by atoms with Gasteiger partial charge in [0.05, 0.1) is 11.4 Å². The van der Waals surface area contributed by atoms with Crippen molar-refractivity contribution in [2.24, 2.45) is 0 Å². The molecule has 3 nitrogen and oxygen atoms in total. The van der Waals surface area contributed by atoms with Gasteiger partial charge in [0.25, 0.3) is 0 Å². The minimum absolute atomic E-state index is 0.224. The molecule has 0 N–H and O–H groups in total. The summed E-state index contributed by atoms with van der Waals surface area (Å²) in [4.78, 5) is 17.8. The van der Waals surface area contributed by atoms with E-state index in [-0.39, 0.29) is 5.78 Å². The minimum Gasteiger partial charge on any atom is -0.303 e. The van der Waals surface area contributed by atoms with E-state index in [1.807, 2.05) is 11.4 Å². The molecule has 1 aliphatic heterocycles. The number of carbonyl (C=O) groups is 1. The van der Waals surface area contributed by atoms with Gasteiger partial charge in [0, 0.05) is 10.5 Å². The molecule has 1 aromatic rings. The highest BCUT2D eigenvalue weighted by atomic mass is 79.9. The van der Waals surface area contributed by atoms with Crippen molar-refractivity contribution in [2.75, 3.05) is 33.2 Å². The molecule has 1 aromatic heterocycles. The number of likely N-dealkylation sites (N-methyl/N-ethyl adjacent to an activating group) is 1. The molecular formula is C14H21BrN2OS. The maximum atomic E-state index is 12.2. The monoisotopic (exact) mass is 344 g/mol. The molecule has 0 aromatic carbocycles. The Morgan fingerprint density at radius 1 is 1.53 bits per heavy atom. The first kappa shape index (κ1) is 15.2. The minimum atomic E-state index is 0.224. The molecular weight excluding hydrogens is 324 g/mol. The van der Waals surface area contributed by atoms with Gasteiger partial charge >= 0.3 is 0 Å². The maximum absolute atomic E-state index is 12.2. The van der Waals surface area contributed by atoms with Crippen LogP contribution in [0.1, 0.15) is 29.4 Å². The molecule has 19 heavy (non-hydrogen) atoms. The van der Waals surface area contributed by atoms with E-state index >= 15 is 0 Å². The van der Waals surface area contributed by atoms with E-state index in [9.17, 15) is 4.79 Å². The number of halogens is 1. The van der Waals surface area contributed by atoms with Crippen LogP contribution >= 0.6 is 27.3 Å². The first-order chi connectivity index (χ1) is 9.11. The smallest absolute Gasteiger partial charge is 0.187 e. The van der Waals surface area contributed by atoms with Crippen LogP contribution < -0.4 is 0 Å². The molecule has 1 fully saturated rings. The Labute approximate surface area is 127 Å². The van der Waals surface area contributed by atoms with Crippen LogP contribution in [0.5, 0.6) is 0 Å². The zero-order valence-electron chi connectivity index (χ0n) is 11.6. The van der Waals surface area contributed by atoms with E-state index < -0.39 is 0 Å².